The first-order valence-electron chi connectivity index (χ1n) is 20.2. The van der Waals surface area contributed by atoms with Gasteiger partial charge >= 0.3 is 11.9 Å². The maximum atomic E-state index is 14.0. The summed E-state index contributed by atoms with van der Waals surface area (Å²) in [5.74, 6) is 0.0894. The Labute approximate surface area is 312 Å². The number of carboxylic acids is 1. The highest BCUT2D eigenvalue weighted by Gasteiger charge is 2.70. The molecule has 0 unspecified atom stereocenters. The monoisotopic (exact) mass is 718 g/mol. The minimum absolute atomic E-state index is 0.00315. The largest absolute Gasteiger partial charge is 0.481 e. The number of aliphatic carboxylic acids is 1. The number of hydrogen-bond donors (Lipinski definition) is 3. The smallest absolute Gasteiger partial charge is 0.309 e. The van der Waals surface area contributed by atoms with Crippen molar-refractivity contribution in [2.45, 2.75) is 145 Å². The molecule has 1 aromatic rings. The molecule has 0 radical (unpaired) electrons. The first-order chi connectivity index (χ1) is 24.2. The van der Waals surface area contributed by atoms with Gasteiger partial charge in [0.15, 0.2) is 5.78 Å². The summed E-state index contributed by atoms with van der Waals surface area (Å²) in [5, 5.41) is 25.3. The minimum atomic E-state index is -1.16. The number of nitrogens with zero attached hydrogens (tertiary/aromatic N) is 1. The first kappa shape index (κ1) is 39.1. The molecule has 9 atom stereocenters. The number of nitrogens with one attached hydrogen (secondary N) is 1. The zero-order chi connectivity index (χ0) is 38.1. The van der Waals surface area contributed by atoms with E-state index < -0.39 is 28.9 Å². The van der Waals surface area contributed by atoms with Crippen LogP contribution in [-0.4, -0.2) is 58.2 Å². The summed E-state index contributed by atoms with van der Waals surface area (Å²) >= 11 is 0. The van der Waals surface area contributed by atoms with Gasteiger partial charge in [-0.15, -0.1) is 0 Å². The number of aromatic nitrogens is 1. The fourth-order valence-corrected chi connectivity index (χ4v) is 13.1. The molecule has 5 aliphatic carbocycles. The molecule has 5 aliphatic rings. The van der Waals surface area contributed by atoms with Crippen molar-refractivity contribution in [2.24, 2.45) is 56.2 Å². The Morgan fingerprint density at radius 2 is 1.73 bits per heavy atom. The molecule has 0 aromatic carbocycles. The number of carbonyl (C=O) groups is 3. The van der Waals surface area contributed by atoms with Crippen molar-refractivity contribution in [1.82, 2.24) is 10.3 Å². The molecule has 6 rings (SSSR count). The standard InChI is InChI=1S/C44H66N2O6/c1-27(2)36-30(47)23-44(33(48)26-46-22-16-28-11-10-21-45-25-28)20-19-42(8)29(37(36)44)12-13-32-41(7)17-15-34(52-35(49)24-39(3,4)38(50)51)40(5,6)31(41)14-18-43(32,42)9/h10-11,21,25,27,29,31-34,46,48H,12-20,22-24,26H2,1-9H3,(H,50,51)/t29-,31+,32-,33-,34+,41+,42-,43-,44+/m1/s1. The molecule has 0 spiro atoms. The summed E-state index contributed by atoms with van der Waals surface area (Å²) in [7, 11) is 0. The Morgan fingerprint density at radius 1 is 1.00 bits per heavy atom. The normalized spacial score (nSPS) is 37.5. The summed E-state index contributed by atoms with van der Waals surface area (Å²) in [6.07, 6.45) is 11.8. The van der Waals surface area contributed by atoms with Crippen LogP contribution in [0.3, 0.4) is 0 Å². The van der Waals surface area contributed by atoms with E-state index in [1.807, 2.05) is 12.3 Å². The molecule has 0 amide bonds. The van der Waals surface area contributed by atoms with Gasteiger partial charge in [-0.3, -0.25) is 19.4 Å². The highest BCUT2D eigenvalue weighted by Crippen LogP contribution is 2.77. The maximum absolute atomic E-state index is 14.0. The van der Waals surface area contributed by atoms with Gasteiger partial charge in [0.1, 0.15) is 6.10 Å². The molecule has 3 N–H and O–H groups in total. The Hall–Kier alpha value is -2.58. The Kier molecular flexibility index (Phi) is 10.2. The van der Waals surface area contributed by atoms with Crippen molar-refractivity contribution in [1.29, 1.82) is 0 Å². The maximum Gasteiger partial charge on any atom is 0.309 e. The van der Waals surface area contributed by atoms with Crippen LogP contribution in [0.1, 0.15) is 132 Å². The molecule has 0 aliphatic heterocycles. The minimum Gasteiger partial charge on any atom is -0.481 e. The van der Waals surface area contributed by atoms with E-state index in [9.17, 15) is 24.6 Å². The van der Waals surface area contributed by atoms with Gasteiger partial charge < -0.3 is 20.3 Å². The van der Waals surface area contributed by atoms with Crippen LogP contribution in [-0.2, 0) is 25.5 Å². The van der Waals surface area contributed by atoms with E-state index in [1.165, 1.54) is 11.1 Å². The first-order valence-corrected chi connectivity index (χ1v) is 20.2. The second kappa shape index (κ2) is 13.6. The molecule has 8 heteroatoms. The molecule has 52 heavy (non-hydrogen) atoms. The van der Waals surface area contributed by atoms with Crippen LogP contribution in [0.25, 0.3) is 0 Å². The second-order valence-electron chi connectivity index (χ2n) is 19.9. The predicted octanol–water partition coefficient (Wildman–Crippen LogP) is 7.97. The van der Waals surface area contributed by atoms with Crippen LogP contribution >= 0.6 is 0 Å². The van der Waals surface area contributed by atoms with Crippen molar-refractivity contribution in [3.05, 3.63) is 41.2 Å². The summed E-state index contributed by atoms with van der Waals surface area (Å²) in [6.45, 7) is 20.9. The second-order valence-corrected chi connectivity index (χ2v) is 19.9. The van der Waals surface area contributed by atoms with Gasteiger partial charge in [-0.1, -0.05) is 60.1 Å². The van der Waals surface area contributed by atoms with Crippen LogP contribution < -0.4 is 5.32 Å². The van der Waals surface area contributed by atoms with Crippen LogP contribution in [0.2, 0.25) is 0 Å². The Morgan fingerprint density at radius 3 is 2.38 bits per heavy atom. The number of fused-ring (bicyclic) bond motifs is 7. The van der Waals surface area contributed by atoms with E-state index in [2.05, 4.69) is 64.8 Å². The molecule has 8 nitrogen and oxygen atoms in total. The van der Waals surface area contributed by atoms with Crippen molar-refractivity contribution < 1.29 is 29.3 Å². The third-order valence-corrected chi connectivity index (χ3v) is 16.2. The lowest BCUT2D eigenvalue weighted by Gasteiger charge is -2.72. The van der Waals surface area contributed by atoms with Crippen molar-refractivity contribution in [3.63, 3.8) is 0 Å². The Balaban J connectivity index is 1.24. The van der Waals surface area contributed by atoms with Gasteiger partial charge in [0.05, 0.1) is 17.9 Å². The van der Waals surface area contributed by atoms with E-state index in [0.29, 0.717) is 24.8 Å². The third kappa shape index (κ3) is 6.10. The lowest BCUT2D eigenvalue weighted by atomic mass is 9.33. The van der Waals surface area contributed by atoms with Crippen molar-refractivity contribution >= 4 is 17.7 Å². The molecule has 1 aromatic heterocycles. The van der Waals surface area contributed by atoms with Gasteiger partial charge in [0, 0.05) is 36.2 Å². The van der Waals surface area contributed by atoms with Gasteiger partial charge in [0.2, 0.25) is 0 Å². The molecule has 288 valence electrons. The topological polar surface area (TPSA) is 126 Å². The number of Topliss-reactive ketones (excluding diaryl/α,β-unsaturated/α-hetero) is 1. The number of aliphatic hydroxyl groups excluding tert-OH is 1. The predicted molar refractivity (Wildman–Crippen MR) is 202 cm³/mol. The summed E-state index contributed by atoms with van der Waals surface area (Å²) in [4.78, 5) is 43.1. The fraction of sp³-hybridized carbons (Fsp3) is 0.773. The molecule has 0 saturated heterocycles. The number of pyridine rings is 1. The lowest BCUT2D eigenvalue weighted by Crippen LogP contribution is -2.66. The number of allylic oxidation sites excluding steroid dienone is 1. The lowest BCUT2D eigenvalue weighted by molar-refractivity contribution is -0.235. The number of esters is 1. The number of hydrogen-bond acceptors (Lipinski definition) is 7. The van der Waals surface area contributed by atoms with E-state index in [0.717, 1.165) is 69.9 Å². The number of ketones is 1. The summed E-state index contributed by atoms with van der Waals surface area (Å²) in [6, 6.07) is 4.03. The van der Waals surface area contributed by atoms with E-state index >= 15 is 0 Å². The van der Waals surface area contributed by atoms with E-state index in [1.54, 1.807) is 20.0 Å². The van der Waals surface area contributed by atoms with Crippen LogP contribution in [0.5, 0.6) is 0 Å². The van der Waals surface area contributed by atoms with Gasteiger partial charge in [-0.2, -0.15) is 0 Å². The SMILES string of the molecule is CC(C)C1=C2[C@H]3CC[C@@H]4[C@@]5(C)CC[C@H](OC(=O)CC(C)(C)C(=O)O)C(C)(C)[C@@H]5CC[C@@]4(C)[C@]3(C)CC[C@@]2([C@H](O)CNCCc2cccnc2)CC1=O. The van der Waals surface area contributed by atoms with Crippen molar-refractivity contribution in [3.8, 4) is 0 Å². The van der Waals surface area contributed by atoms with Crippen molar-refractivity contribution in [2.75, 3.05) is 13.1 Å². The zero-order valence-corrected chi connectivity index (χ0v) is 33.4. The summed E-state index contributed by atoms with van der Waals surface area (Å²) in [5.41, 5.74) is 1.69. The van der Waals surface area contributed by atoms with Crippen LogP contribution in [0, 0.1) is 56.2 Å². The fourth-order valence-electron chi connectivity index (χ4n) is 13.1. The number of ether oxygens (including phenoxy) is 1. The molecule has 1 heterocycles. The van der Waals surface area contributed by atoms with Crippen LogP contribution in [0.15, 0.2) is 35.7 Å². The number of rotatable bonds is 11. The summed E-state index contributed by atoms with van der Waals surface area (Å²) < 4.78 is 6.16. The van der Waals surface area contributed by atoms with Gasteiger partial charge in [-0.05, 0) is 135 Å². The average molecular weight is 719 g/mol. The highest BCUT2D eigenvalue weighted by atomic mass is 16.5. The third-order valence-electron chi connectivity index (χ3n) is 16.2. The number of carbonyl (C=O) groups excluding carboxylic acids is 2. The zero-order valence-electron chi connectivity index (χ0n) is 33.4. The Bertz CT molecular complexity index is 1580. The van der Waals surface area contributed by atoms with Crippen LogP contribution in [0.4, 0.5) is 0 Å². The highest BCUT2D eigenvalue weighted by molar-refractivity contribution is 6.00. The van der Waals surface area contributed by atoms with E-state index in [4.69, 9.17) is 4.74 Å². The molecule has 4 fully saturated rings. The van der Waals surface area contributed by atoms with Gasteiger partial charge in [0.25, 0.3) is 0 Å². The molecule has 4 saturated carbocycles. The molecular formula is C44H66N2O6. The van der Waals surface area contributed by atoms with Gasteiger partial charge in [-0.25, -0.2) is 0 Å². The number of carboxylic acid groups (broad SMARTS) is 1. The average Bonchev–Trinajstić information content (AvgIpc) is 3.38. The van der Waals surface area contributed by atoms with E-state index in [-0.39, 0.29) is 51.8 Å². The quantitative estimate of drug-likeness (QED) is 0.155. The molecule has 0 bridgehead atoms. The number of aliphatic hydroxyl groups is 1. The molecular weight excluding hydrogens is 652 g/mol.